The maximum atomic E-state index is 13.4. The number of nitrogens with zero attached hydrogens (tertiary/aromatic N) is 6. The van der Waals surface area contributed by atoms with Crippen molar-refractivity contribution >= 4 is 22.9 Å². The Morgan fingerprint density at radius 1 is 1.42 bits per heavy atom. The summed E-state index contributed by atoms with van der Waals surface area (Å²) in [6, 6.07) is 4.63. The number of ether oxygens (including phenoxy) is 2. The van der Waals surface area contributed by atoms with Crippen LogP contribution in [0.4, 0.5) is 20.2 Å². The third kappa shape index (κ3) is 4.86. The molecule has 0 saturated carbocycles. The first-order chi connectivity index (χ1) is 18.3. The van der Waals surface area contributed by atoms with Gasteiger partial charge in [0.25, 0.3) is 5.91 Å². The Morgan fingerprint density at radius 2 is 2.26 bits per heavy atom. The van der Waals surface area contributed by atoms with Gasteiger partial charge in [0.05, 0.1) is 35.4 Å². The van der Waals surface area contributed by atoms with Gasteiger partial charge in [-0.2, -0.15) is 19.0 Å². The van der Waals surface area contributed by atoms with Crippen molar-refractivity contribution in [1.82, 2.24) is 29.4 Å². The maximum Gasteiger partial charge on any atom is 0.387 e. The van der Waals surface area contributed by atoms with E-state index in [9.17, 15) is 13.6 Å². The number of alkyl halides is 2. The van der Waals surface area contributed by atoms with Crippen molar-refractivity contribution in [3.05, 3.63) is 60.4 Å². The maximum absolute atomic E-state index is 13.4. The van der Waals surface area contributed by atoms with Crippen LogP contribution >= 0.6 is 0 Å². The highest BCUT2D eigenvalue weighted by molar-refractivity contribution is 6.09. The molecule has 0 atom stereocenters. The molecule has 4 aromatic rings. The number of nitrogens with two attached hydrogens (primary N) is 2. The lowest BCUT2D eigenvalue weighted by Gasteiger charge is -2.21. The van der Waals surface area contributed by atoms with Crippen molar-refractivity contribution in [3.63, 3.8) is 0 Å². The van der Waals surface area contributed by atoms with Crippen molar-refractivity contribution in [2.75, 3.05) is 30.8 Å². The number of likely N-dealkylation sites (N-methyl/N-ethyl adjacent to an activating group) is 1. The normalized spacial score (nSPS) is 13.1. The fourth-order valence-electron chi connectivity index (χ4n) is 3.96. The first-order valence-electron chi connectivity index (χ1n) is 11.4. The molecule has 1 aliphatic heterocycles. The van der Waals surface area contributed by atoms with Gasteiger partial charge in [-0.25, -0.2) is 15.3 Å². The number of carbonyl (C=O) groups excluding carboxylic acids is 1. The molecule has 1 aromatic carbocycles. The lowest BCUT2D eigenvalue weighted by atomic mass is 10.1. The SMILES string of the molecule is CN(N)/C(=C\N)Cn1cc(NC(=O)c2cnn3cccnc23)c(-c2cc3c(cc2OC(F)F)NCCO3)n1. The van der Waals surface area contributed by atoms with E-state index in [1.807, 2.05) is 0 Å². The third-order valence-electron chi connectivity index (χ3n) is 5.73. The number of hydrogen-bond acceptors (Lipinski definition) is 10. The van der Waals surface area contributed by atoms with Gasteiger partial charge in [0, 0.05) is 44.4 Å². The topological polar surface area (TPSA) is 163 Å². The lowest BCUT2D eigenvalue weighted by molar-refractivity contribution is -0.0494. The van der Waals surface area contributed by atoms with Gasteiger partial charge in [-0.05, 0) is 12.1 Å². The number of fused-ring (bicyclic) bond motifs is 2. The van der Waals surface area contributed by atoms with Crippen LogP contribution in [0, 0.1) is 0 Å². The van der Waals surface area contributed by atoms with E-state index >= 15 is 0 Å². The Bertz CT molecular complexity index is 1510. The number of carbonyl (C=O) groups is 1. The molecule has 15 heteroatoms. The van der Waals surface area contributed by atoms with Crippen molar-refractivity contribution in [2.45, 2.75) is 13.2 Å². The highest BCUT2D eigenvalue weighted by Gasteiger charge is 2.25. The quantitative estimate of drug-likeness (QED) is 0.197. The van der Waals surface area contributed by atoms with Gasteiger partial charge in [-0.3, -0.25) is 9.48 Å². The van der Waals surface area contributed by atoms with E-state index in [2.05, 4.69) is 25.8 Å². The van der Waals surface area contributed by atoms with Crippen LogP contribution in [0.15, 0.2) is 54.9 Å². The molecule has 0 fully saturated rings. The molecule has 0 unspecified atom stereocenters. The minimum absolute atomic E-state index is 0.124. The van der Waals surface area contributed by atoms with E-state index in [1.54, 1.807) is 19.3 Å². The molecule has 0 aliphatic carbocycles. The summed E-state index contributed by atoms with van der Waals surface area (Å²) in [7, 11) is 1.60. The zero-order chi connectivity index (χ0) is 26.8. The number of nitrogens with one attached hydrogen (secondary N) is 2. The molecule has 6 N–H and O–H groups in total. The fraction of sp³-hybridized carbons (Fsp3) is 0.217. The summed E-state index contributed by atoms with van der Waals surface area (Å²) >= 11 is 0. The highest BCUT2D eigenvalue weighted by Crippen LogP contribution is 2.42. The summed E-state index contributed by atoms with van der Waals surface area (Å²) in [6.07, 6.45) is 7.42. The van der Waals surface area contributed by atoms with E-state index < -0.39 is 12.5 Å². The summed E-state index contributed by atoms with van der Waals surface area (Å²) in [5, 5.41) is 15.9. The largest absolute Gasteiger partial charge is 0.490 e. The lowest BCUT2D eigenvalue weighted by Crippen LogP contribution is -2.28. The number of hydrazine groups is 1. The zero-order valence-electron chi connectivity index (χ0n) is 20.1. The van der Waals surface area contributed by atoms with Gasteiger partial charge >= 0.3 is 6.61 Å². The van der Waals surface area contributed by atoms with Gasteiger partial charge in [-0.15, -0.1) is 0 Å². The minimum atomic E-state index is -3.10. The Morgan fingerprint density at radius 3 is 3.03 bits per heavy atom. The number of benzene rings is 1. The van der Waals surface area contributed by atoms with E-state index in [0.29, 0.717) is 35.9 Å². The average Bonchev–Trinajstić information content (AvgIpc) is 3.50. The minimum Gasteiger partial charge on any atom is -0.490 e. The summed E-state index contributed by atoms with van der Waals surface area (Å²) in [5.41, 5.74) is 7.79. The second-order valence-electron chi connectivity index (χ2n) is 8.26. The molecule has 3 aromatic heterocycles. The Balaban J connectivity index is 1.60. The van der Waals surface area contributed by atoms with Gasteiger partial charge in [0.2, 0.25) is 0 Å². The van der Waals surface area contributed by atoms with E-state index in [1.165, 1.54) is 51.1 Å². The van der Waals surface area contributed by atoms with Crippen molar-refractivity contribution in [1.29, 1.82) is 0 Å². The van der Waals surface area contributed by atoms with Gasteiger partial charge in [0.15, 0.2) is 5.65 Å². The Hall–Kier alpha value is -4.92. The predicted molar refractivity (Wildman–Crippen MR) is 133 cm³/mol. The molecule has 1 aliphatic rings. The van der Waals surface area contributed by atoms with Crippen LogP contribution in [0.3, 0.4) is 0 Å². The van der Waals surface area contributed by atoms with Crippen LogP contribution < -0.4 is 31.7 Å². The highest BCUT2D eigenvalue weighted by atomic mass is 19.3. The van der Waals surface area contributed by atoms with Gasteiger partial charge in [0.1, 0.15) is 29.4 Å². The molecule has 0 radical (unpaired) electrons. The second-order valence-corrected chi connectivity index (χ2v) is 8.26. The van der Waals surface area contributed by atoms with E-state index in [4.69, 9.17) is 21.1 Å². The monoisotopic (exact) mass is 526 g/mol. The van der Waals surface area contributed by atoms with E-state index in [-0.39, 0.29) is 34.8 Å². The molecule has 13 nitrogen and oxygen atoms in total. The second kappa shape index (κ2) is 10.2. The molecule has 0 saturated heterocycles. The smallest absolute Gasteiger partial charge is 0.387 e. The number of rotatable bonds is 8. The van der Waals surface area contributed by atoms with Crippen LogP contribution in [0.5, 0.6) is 11.5 Å². The van der Waals surface area contributed by atoms with Gasteiger partial charge < -0.3 is 30.8 Å². The molecule has 5 rings (SSSR count). The van der Waals surface area contributed by atoms with Crippen LogP contribution in [-0.2, 0) is 6.54 Å². The van der Waals surface area contributed by atoms with Crippen molar-refractivity contribution < 1.29 is 23.0 Å². The van der Waals surface area contributed by atoms with Crippen LogP contribution in [-0.4, -0.2) is 62.1 Å². The summed E-state index contributed by atoms with van der Waals surface area (Å²) in [6.45, 7) is -2.09. The molecule has 0 bridgehead atoms. The van der Waals surface area contributed by atoms with Crippen LogP contribution in [0.1, 0.15) is 10.4 Å². The number of hydrogen-bond donors (Lipinski definition) is 4. The standard InChI is InChI=1S/C23H24F2N10O3/c1-33(27)13(9-26)11-34-12-17(31-22(36)15-10-30-35-5-2-3-29-21(15)35)20(32-34)14-7-19-16(28-4-6-37-19)8-18(14)38-23(24)25/h2-3,5,7-10,12,23,28H,4,6,11,26-27H2,1H3,(H,31,36)/b13-9-. The number of halogens is 2. The Labute approximate surface area is 214 Å². The Kier molecular flexibility index (Phi) is 6.66. The number of allylic oxidation sites excluding steroid dienone is 1. The number of aromatic nitrogens is 5. The summed E-state index contributed by atoms with van der Waals surface area (Å²) in [4.78, 5) is 17.5. The molecule has 198 valence electrons. The molecular weight excluding hydrogens is 502 g/mol. The number of anilines is 2. The molecular formula is C23H24F2N10O3. The van der Waals surface area contributed by atoms with Crippen LogP contribution in [0.25, 0.3) is 16.9 Å². The molecule has 38 heavy (non-hydrogen) atoms. The van der Waals surface area contributed by atoms with Crippen molar-refractivity contribution in [3.8, 4) is 22.8 Å². The molecule has 4 heterocycles. The average molecular weight is 527 g/mol. The molecule has 0 spiro atoms. The van der Waals surface area contributed by atoms with Crippen LogP contribution in [0.2, 0.25) is 0 Å². The fourth-order valence-corrected chi connectivity index (χ4v) is 3.96. The zero-order valence-corrected chi connectivity index (χ0v) is 20.1. The summed E-state index contributed by atoms with van der Waals surface area (Å²) in [5.74, 6) is 5.58. The number of amides is 1. The van der Waals surface area contributed by atoms with Gasteiger partial charge in [-0.1, -0.05) is 0 Å². The first kappa shape index (κ1) is 24.8. The predicted octanol–water partition coefficient (Wildman–Crippen LogP) is 1.86. The molecule has 1 amide bonds. The van der Waals surface area contributed by atoms with Crippen molar-refractivity contribution in [2.24, 2.45) is 11.6 Å². The first-order valence-corrected chi connectivity index (χ1v) is 11.4. The third-order valence-corrected chi connectivity index (χ3v) is 5.73. The van der Waals surface area contributed by atoms with E-state index in [0.717, 1.165) is 0 Å². The summed E-state index contributed by atoms with van der Waals surface area (Å²) < 4.78 is 40.2.